The van der Waals surface area contributed by atoms with Gasteiger partial charge in [-0.2, -0.15) is 7.11 Å². The Balaban J connectivity index is -0.000000388. The Bertz CT molecular complexity index is 3590. The molecule has 7 rings (SSSR count). The molecule has 0 saturated heterocycles. The monoisotopic (exact) mass is 1630 g/mol. The van der Waals surface area contributed by atoms with E-state index >= 15 is 0 Å². The maximum absolute atomic E-state index is 12.5. The first-order valence-corrected chi connectivity index (χ1v) is 29.9. The van der Waals surface area contributed by atoms with Crippen molar-refractivity contribution in [1.29, 1.82) is 0 Å². The Labute approximate surface area is 657 Å². The standard InChI is InChI=1S/C21H24O7.C17H16O5.C11H14O4.C10H12O4.C9H10O3.C2H5ClO.2CH4O.CH3O.Ba.ClH.H2O/c1-23-14-27-19-10-6-15(11-21(19)25-3)5-9-18(22)16-7-8-17(13-28-26-4)20(12-16)24-2;1-21-16-9-11(4-7-14(16)19)3-6-13(18)12-5-8-15(20)17(10-12)22-2;1-8(12)9-4-5-10(7-15-14-3)11(6-9)13-2;1-12-10-5-8(6-11)3-4-9(10)7-14-13-2;1-6(10)7-3-4-8(11)9(5-7)12-2;1-4-2-3;3*1-2;;;/h5-12H,13-14H2,1-4H3;3-10,19-20H,1-2H3;4-6H,7H2,1-3H3;3-6H,7H2,1-2H3;3-5,11H,1-2H3;2H2,1H3;2*2H,1H3;1H3;;1H;1H2/q;;;;;;;;-1;+2;;/p-1/b9-5+;6-3+;;;;;;;;;;. The van der Waals surface area contributed by atoms with E-state index in [4.69, 9.17) is 84.2 Å². The van der Waals surface area contributed by atoms with E-state index in [0.29, 0.717) is 86.3 Å². The van der Waals surface area contributed by atoms with Crippen LogP contribution in [0.3, 0.4) is 0 Å². The van der Waals surface area contributed by atoms with Crippen LogP contribution in [-0.4, -0.2) is 229 Å². The zero-order valence-corrected chi connectivity index (χ0v) is 67.2. The molecule has 0 unspecified atom stereocenters. The van der Waals surface area contributed by atoms with Crippen LogP contribution in [0.5, 0.6) is 63.2 Å². The number of phenols is 3. The summed E-state index contributed by atoms with van der Waals surface area (Å²) in [6, 6.07) is 34.8. The molecule has 0 amide bonds. The predicted molar refractivity (Wildman–Crippen MR) is 391 cm³/mol. The van der Waals surface area contributed by atoms with E-state index < -0.39 is 0 Å². The average molecular weight is 1630 g/mol. The number of phenolic OH excluding ortho intramolecular Hbond substituents is 3. The number of aliphatic hydroxyl groups excluding tert-OH is 2. The number of methoxy groups -OCH3 is 9. The van der Waals surface area contributed by atoms with E-state index in [1.807, 2.05) is 6.07 Å². The van der Waals surface area contributed by atoms with Gasteiger partial charge in [0.05, 0.1) is 71.1 Å². The van der Waals surface area contributed by atoms with Gasteiger partial charge in [-0.05, 0) is 116 Å². The number of ketones is 4. The summed E-state index contributed by atoms with van der Waals surface area (Å²) in [6.45, 7) is 3.90. The zero-order valence-electron chi connectivity index (χ0n) is 61.2. The molecule has 0 heterocycles. The quantitative estimate of drug-likeness (QED) is 0.00425. The summed E-state index contributed by atoms with van der Waals surface area (Å²) in [5.74, 6) is 3.44. The smallest absolute Gasteiger partial charge is 0.870 e. The predicted octanol–water partition coefficient (Wildman–Crippen LogP) is 10.7. The number of allylic oxidation sites excluding steroid dienone is 2. The fourth-order valence-corrected chi connectivity index (χ4v) is 7.51. The van der Waals surface area contributed by atoms with Crippen LogP contribution in [0.2, 0.25) is 0 Å². The van der Waals surface area contributed by atoms with E-state index in [1.54, 1.807) is 133 Å². The SMILES string of the molecule is CO.CO.COCCl.COCOc1ccc(/C=C/C(=O)c2ccc(COOC)c(OC)c2)cc1OC.COOCc1ccc(C(C)=O)cc1OC.COOCc1ccc(C=O)cc1OC.COc1cc(/C=C/C(=O)c2ccc(O)c(OC)c2)ccc1O.COc1cc(C(C)=O)ccc1O.C[O-].Cl.[Ba+2].[OH-]. The van der Waals surface area contributed by atoms with Gasteiger partial charge in [-0.15, -0.1) is 12.4 Å². The number of carbonyl (C=O) groups is 5. The molecule has 7 aromatic carbocycles. The minimum Gasteiger partial charge on any atom is -0.870 e. The second-order valence-electron chi connectivity index (χ2n) is 18.6. The molecule has 0 aliphatic rings. The Morgan fingerprint density at radius 1 is 0.404 bits per heavy atom. The largest absolute Gasteiger partial charge is 2.00 e. The van der Waals surface area contributed by atoms with Crippen LogP contribution in [0.25, 0.3) is 12.2 Å². The van der Waals surface area contributed by atoms with Gasteiger partial charge in [-0.3, -0.25) is 24.0 Å². The number of aldehydes is 1. The van der Waals surface area contributed by atoms with Crippen LogP contribution in [0, 0.1) is 0 Å². The first kappa shape index (κ1) is 104. The van der Waals surface area contributed by atoms with Gasteiger partial charge in [0.2, 0.25) is 0 Å². The van der Waals surface area contributed by atoms with Crippen LogP contribution in [0.15, 0.2) is 140 Å². The fraction of sp³-hybridized carbons (Fsp3) is 0.301. The summed E-state index contributed by atoms with van der Waals surface area (Å²) in [5.41, 5.74) is 6.59. The van der Waals surface area contributed by atoms with E-state index in [1.165, 1.54) is 112 Å². The molecule has 6 N–H and O–H groups in total. The van der Waals surface area contributed by atoms with E-state index in [0.717, 1.165) is 49.9 Å². The minimum atomic E-state index is -0.231. The number of aliphatic hydroxyl groups is 2. The van der Waals surface area contributed by atoms with Gasteiger partial charge < -0.3 is 83.5 Å². The third-order valence-electron chi connectivity index (χ3n) is 12.4. The molecular formula is C73H94BaCl2O28. The Hall–Kier alpha value is -8.16. The molecule has 28 nitrogen and oxygen atoms in total. The first-order chi connectivity index (χ1) is 48.7. The minimum absolute atomic E-state index is 0. The van der Waals surface area contributed by atoms with Crippen LogP contribution in [0.4, 0.5) is 0 Å². The number of Topliss-reactive ketones (excluding diaryl/α,β-unsaturated/α-hetero) is 2. The van der Waals surface area contributed by atoms with Crippen molar-refractivity contribution in [3.8, 4) is 63.2 Å². The molecule has 7 aromatic rings. The molecule has 31 heteroatoms. The molecule has 0 atom stereocenters. The topological polar surface area (TPSA) is 387 Å². The molecule has 0 saturated carbocycles. The molecule has 570 valence electrons. The van der Waals surface area contributed by atoms with Crippen molar-refractivity contribution >= 4 is 114 Å². The van der Waals surface area contributed by atoms with Crippen molar-refractivity contribution in [2.45, 2.75) is 33.7 Å². The van der Waals surface area contributed by atoms with Crippen molar-refractivity contribution in [1.82, 2.24) is 0 Å². The number of rotatable bonds is 29. The maximum atomic E-state index is 12.5. The molecule has 0 radical (unpaired) electrons. The maximum Gasteiger partial charge on any atom is 2.00 e. The van der Waals surface area contributed by atoms with Crippen LogP contribution in [-0.2, 0) is 58.6 Å². The van der Waals surface area contributed by atoms with E-state index in [2.05, 4.69) is 19.4 Å². The van der Waals surface area contributed by atoms with Crippen LogP contribution < -0.4 is 43.0 Å². The zero-order chi connectivity index (χ0) is 76.7. The van der Waals surface area contributed by atoms with Gasteiger partial charge in [0.15, 0.2) is 75.9 Å². The van der Waals surface area contributed by atoms with Crippen molar-refractivity contribution in [2.75, 3.05) is 120 Å². The number of ether oxygens (including phenoxy) is 10. The van der Waals surface area contributed by atoms with Crippen molar-refractivity contribution in [2.24, 2.45) is 0 Å². The number of alkyl halides is 1. The number of hydrogen-bond donors (Lipinski definition) is 5. The summed E-state index contributed by atoms with van der Waals surface area (Å²) < 4.78 is 50.3. The van der Waals surface area contributed by atoms with Crippen molar-refractivity contribution in [3.63, 3.8) is 0 Å². The van der Waals surface area contributed by atoms with Crippen LogP contribution in [0.1, 0.15) is 93.5 Å². The molecule has 0 bridgehead atoms. The number of benzene rings is 7. The second-order valence-corrected chi connectivity index (χ2v) is 18.8. The summed E-state index contributed by atoms with van der Waals surface area (Å²) >= 11 is 4.96. The van der Waals surface area contributed by atoms with Crippen LogP contribution >= 0.6 is 24.0 Å². The number of hydrogen-bond acceptors (Lipinski definition) is 28. The van der Waals surface area contributed by atoms with Crippen molar-refractivity contribution < 1.29 is 137 Å². The first-order valence-electron chi connectivity index (χ1n) is 29.4. The third-order valence-corrected chi connectivity index (χ3v) is 12.7. The molecule has 0 aromatic heterocycles. The Morgan fingerprint density at radius 2 is 0.692 bits per heavy atom. The summed E-state index contributed by atoms with van der Waals surface area (Å²) in [4.78, 5) is 85.2. The average Bonchev–Trinajstić information content (AvgIpc) is 0.868. The number of aromatic hydroxyl groups is 3. The van der Waals surface area contributed by atoms with E-state index in [-0.39, 0.29) is 133 Å². The summed E-state index contributed by atoms with van der Waals surface area (Å²) in [7, 11) is 20.6. The normalized spacial score (nSPS) is 9.51. The molecular weight excluding hydrogens is 1530 g/mol. The van der Waals surface area contributed by atoms with Gasteiger partial charge in [0, 0.05) is 72.9 Å². The van der Waals surface area contributed by atoms with E-state index in [9.17, 15) is 39.3 Å². The van der Waals surface area contributed by atoms with Gasteiger partial charge >= 0.3 is 48.9 Å². The summed E-state index contributed by atoms with van der Waals surface area (Å²) in [5, 5.41) is 50.5. The van der Waals surface area contributed by atoms with Gasteiger partial charge in [0.1, 0.15) is 49.4 Å². The molecule has 0 fully saturated rings. The molecule has 0 spiro atoms. The second kappa shape index (κ2) is 64.4. The molecule has 104 heavy (non-hydrogen) atoms. The Kier molecular flexibility index (Phi) is 64.7. The Morgan fingerprint density at radius 3 is 1.06 bits per heavy atom. The van der Waals surface area contributed by atoms with Gasteiger partial charge in [-0.1, -0.05) is 72.3 Å². The number of carbonyl (C=O) groups excluding carboxylic acids is 5. The van der Waals surface area contributed by atoms with Gasteiger partial charge in [0.25, 0.3) is 0 Å². The fourth-order valence-electron chi connectivity index (χ4n) is 7.51. The summed E-state index contributed by atoms with van der Waals surface area (Å²) in [6.07, 6.45) is 6.98. The number of halogens is 2. The molecule has 0 aliphatic heterocycles. The van der Waals surface area contributed by atoms with Gasteiger partial charge in [-0.25, -0.2) is 29.3 Å². The van der Waals surface area contributed by atoms with Crippen molar-refractivity contribution in [3.05, 3.63) is 195 Å². The molecule has 0 aliphatic carbocycles. The third kappa shape index (κ3) is 40.2.